The molecule has 0 amide bonds. The fourth-order valence-corrected chi connectivity index (χ4v) is 10.5. The highest BCUT2D eigenvalue weighted by molar-refractivity contribution is 6.60. The average molecular weight is 471 g/mol. The topological polar surface area (TPSA) is 0 Å². The van der Waals surface area contributed by atoms with Gasteiger partial charge >= 0.3 is 0 Å². The summed E-state index contributed by atoms with van der Waals surface area (Å²) in [5.74, 6) is -1.15. The van der Waals surface area contributed by atoms with E-state index in [1.807, 2.05) is 0 Å². The molecule has 1 saturated heterocycles. The van der Waals surface area contributed by atoms with E-state index in [2.05, 4.69) is 6.92 Å². The second kappa shape index (κ2) is 12.5. The molecule has 2 aliphatic rings. The lowest BCUT2D eigenvalue weighted by molar-refractivity contribution is 0.323. The Balaban J connectivity index is 1.40. The van der Waals surface area contributed by atoms with Crippen molar-refractivity contribution in [1.82, 2.24) is 0 Å². The summed E-state index contributed by atoms with van der Waals surface area (Å²) < 4.78 is 41.8. The molecule has 0 N–H and O–H groups in total. The number of aryl methyl sites for hydroxylation is 1. The molecule has 0 radical (unpaired) electrons. The minimum absolute atomic E-state index is 0.572. The van der Waals surface area contributed by atoms with E-state index in [1.54, 1.807) is 0 Å². The van der Waals surface area contributed by atoms with Crippen molar-refractivity contribution in [3.8, 4) is 0 Å². The first-order valence-corrected chi connectivity index (χ1v) is 15.2. The Morgan fingerprint density at radius 3 is 2.16 bits per heavy atom. The Morgan fingerprint density at radius 2 is 1.58 bits per heavy atom. The summed E-state index contributed by atoms with van der Waals surface area (Å²) in [6, 6.07) is 5.42. The van der Waals surface area contributed by atoms with Crippen molar-refractivity contribution in [3.63, 3.8) is 0 Å². The molecule has 0 nitrogen and oxygen atoms in total. The molecule has 1 aromatic carbocycles. The van der Waals surface area contributed by atoms with Crippen LogP contribution in [0.1, 0.15) is 88.7 Å². The van der Waals surface area contributed by atoms with Crippen molar-refractivity contribution in [3.05, 3.63) is 40.4 Å². The van der Waals surface area contributed by atoms with Gasteiger partial charge in [0, 0.05) is 14.3 Å². The van der Waals surface area contributed by atoms with Gasteiger partial charge in [-0.05, 0) is 47.9 Å². The standard InChI is InChI=1S/C26H38ClF3Si/c1-2-3-4-5-19-8-10-22(11-9-19)31-14-12-20(13-15-31)6-7-21-16-23(28)26(24(29)17-21)25(30)18-27/h16-20,22,31H,2-15H2,1H3/b25-18-/t19-,20?,22-,31?. The van der Waals surface area contributed by atoms with Crippen LogP contribution >= 0.6 is 11.6 Å². The lowest BCUT2D eigenvalue weighted by atomic mass is 9.85. The van der Waals surface area contributed by atoms with Crippen LogP contribution in [-0.2, 0) is 6.42 Å². The highest BCUT2D eigenvalue weighted by Gasteiger charge is 2.31. The van der Waals surface area contributed by atoms with E-state index in [-0.39, 0.29) is 0 Å². The predicted molar refractivity (Wildman–Crippen MR) is 129 cm³/mol. The fraction of sp³-hybridized carbons (Fsp3) is 0.692. The molecule has 0 bridgehead atoms. The van der Waals surface area contributed by atoms with Gasteiger partial charge in [-0.3, -0.25) is 0 Å². The molecule has 0 aromatic heterocycles. The van der Waals surface area contributed by atoms with E-state index in [9.17, 15) is 13.2 Å². The van der Waals surface area contributed by atoms with E-state index >= 15 is 0 Å². The van der Waals surface area contributed by atoms with E-state index in [1.165, 1.54) is 88.4 Å². The van der Waals surface area contributed by atoms with Gasteiger partial charge < -0.3 is 0 Å². The maximum atomic E-state index is 14.1. The monoisotopic (exact) mass is 470 g/mol. The average Bonchev–Trinajstić information content (AvgIpc) is 2.78. The number of unbranched alkanes of at least 4 members (excludes halogenated alkanes) is 2. The molecule has 0 spiro atoms. The molecule has 31 heavy (non-hydrogen) atoms. The molecule has 5 heteroatoms. The van der Waals surface area contributed by atoms with E-state index in [0.717, 1.165) is 17.9 Å². The van der Waals surface area contributed by atoms with Gasteiger partial charge in [0.15, 0.2) is 0 Å². The van der Waals surface area contributed by atoms with E-state index in [4.69, 9.17) is 11.6 Å². The van der Waals surface area contributed by atoms with Crippen LogP contribution in [0.15, 0.2) is 17.7 Å². The Labute approximate surface area is 193 Å². The summed E-state index contributed by atoms with van der Waals surface area (Å²) in [4.78, 5) is 0. The van der Waals surface area contributed by atoms with Crippen molar-refractivity contribution in [2.75, 3.05) is 0 Å². The predicted octanol–water partition coefficient (Wildman–Crippen LogP) is 9.18. The highest BCUT2D eigenvalue weighted by atomic mass is 35.5. The number of halogens is 4. The minimum atomic E-state index is -1.07. The second-order valence-corrected chi connectivity index (χ2v) is 13.8. The quantitative estimate of drug-likeness (QED) is 0.249. The number of hydrogen-bond donors (Lipinski definition) is 0. The Bertz CT molecular complexity index is 696. The summed E-state index contributed by atoms with van der Waals surface area (Å²) in [5, 5.41) is 0. The Hall–Kier alpha value is -0.743. The number of hydrogen-bond acceptors (Lipinski definition) is 0. The molecule has 1 aromatic rings. The summed E-state index contributed by atoms with van der Waals surface area (Å²) in [7, 11) is -0.624. The second-order valence-electron chi connectivity index (χ2n) is 9.99. The third kappa shape index (κ3) is 7.12. The lowest BCUT2D eigenvalue weighted by Gasteiger charge is -2.37. The Kier molecular flexibility index (Phi) is 10.0. The smallest absolute Gasteiger partial charge is 0.147 e. The molecule has 3 rings (SSSR count). The zero-order valence-electron chi connectivity index (χ0n) is 19.0. The first kappa shape index (κ1) is 24.9. The summed E-state index contributed by atoms with van der Waals surface area (Å²) in [6.45, 7) is 2.28. The zero-order chi connectivity index (χ0) is 22.2. The molecular formula is C26H38ClF3Si. The van der Waals surface area contributed by atoms with Crippen molar-refractivity contribution in [2.24, 2.45) is 11.8 Å². The van der Waals surface area contributed by atoms with Crippen molar-refractivity contribution in [1.29, 1.82) is 0 Å². The van der Waals surface area contributed by atoms with Gasteiger partial charge in [0.05, 0.1) is 5.56 Å². The van der Waals surface area contributed by atoms with Crippen LogP contribution in [0.3, 0.4) is 0 Å². The first-order chi connectivity index (χ1) is 15.0. The Morgan fingerprint density at radius 1 is 0.968 bits per heavy atom. The van der Waals surface area contributed by atoms with Crippen molar-refractivity contribution in [2.45, 2.75) is 102 Å². The molecular weight excluding hydrogens is 433 g/mol. The molecule has 1 heterocycles. The SMILES string of the molecule is CCCCC[C@H]1CC[C@H]([SiH]2CCC(CCc3cc(F)c(/C(F)=C/Cl)c(F)c3)CC2)CC1. The molecule has 0 atom stereocenters. The largest absolute Gasteiger partial charge is 0.206 e. The van der Waals surface area contributed by atoms with Crippen molar-refractivity contribution < 1.29 is 13.2 Å². The van der Waals surface area contributed by atoms with Gasteiger partial charge in [-0.1, -0.05) is 94.8 Å². The van der Waals surface area contributed by atoms with Crippen LogP contribution in [0.25, 0.3) is 5.83 Å². The van der Waals surface area contributed by atoms with Crippen LogP contribution in [0.5, 0.6) is 0 Å². The summed E-state index contributed by atoms with van der Waals surface area (Å²) in [5.41, 5.74) is 1.58. The highest BCUT2D eigenvalue weighted by Crippen LogP contribution is 2.42. The van der Waals surface area contributed by atoms with Crippen molar-refractivity contribution >= 4 is 26.2 Å². The van der Waals surface area contributed by atoms with E-state index < -0.39 is 31.8 Å². The summed E-state index contributed by atoms with van der Waals surface area (Å²) in [6.07, 6.45) is 15.7. The lowest BCUT2D eigenvalue weighted by Crippen LogP contribution is -2.29. The van der Waals surface area contributed by atoms with Gasteiger partial charge in [-0.25, -0.2) is 13.2 Å². The molecule has 0 unspecified atom stereocenters. The number of benzene rings is 1. The van der Waals surface area contributed by atoms with Crippen LogP contribution in [0.4, 0.5) is 13.2 Å². The molecule has 1 aliphatic carbocycles. The third-order valence-electron chi connectivity index (χ3n) is 7.94. The number of rotatable bonds is 9. The fourth-order valence-electron chi connectivity index (χ4n) is 6.00. The zero-order valence-corrected chi connectivity index (χ0v) is 20.9. The maximum Gasteiger partial charge on any atom is 0.147 e. The van der Waals surface area contributed by atoms with Gasteiger partial charge in [-0.2, -0.15) is 0 Å². The van der Waals surface area contributed by atoms with E-state index in [0.29, 0.717) is 23.4 Å². The maximum absolute atomic E-state index is 14.1. The molecule has 2 fully saturated rings. The summed E-state index contributed by atoms with van der Waals surface area (Å²) >= 11 is 5.27. The van der Waals surface area contributed by atoms with Crippen LogP contribution < -0.4 is 0 Å². The molecule has 1 saturated carbocycles. The van der Waals surface area contributed by atoms with Gasteiger partial charge in [-0.15, -0.1) is 0 Å². The van der Waals surface area contributed by atoms with Crippen LogP contribution in [0.2, 0.25) is 17.6 Å². The molecule has 1 aliphatic heterocycles. The van der Waals surface area contributed by atoms with Crippen LogP contribution in [0, 0.1) is 23.5 Å². The van der Waals surface area contributed by atoms with Gasteiger partial charge in [0.1, 0.15) is 17.5 Å². The normalized spacial score (nSPS) is 27.5. The molecule has 174 valence electrons. The first-order valence-electron chi connectivity index (χ1n) is 12.5. The minimum Gasteiger partial charge on any atom is -0.206 e. The van der Waals surface area contributed by atoms with Gasteiger partial charge in [0.2, 0.25) is 0 Å². The van der Waals surface area contributed by atoms with Crippen LogP contribution in [-0.4, -0.2) is 8.80 Å². The third-order valence-corrected chi connectivity index (χ3v) is 12.3. The van der Waals surface area contributed by atoms with Gasteiger partial charge in [0.25, 0.3) is 0 Å².